The van der Waals surface area contributed by atoms with Gasteiger partial charge in [0.1, 0.15) is 48.8 Å². The number of rotatable bonds is 63. The van der Waals surface area contributed by atoms with Crippen molar-refractivity contribution in [1.82, 2.24) is 5.32 Å². The van der Waals surface area contributed by atoms with Gasteiger partial charge in [-0.05, 0) is 12.8 Å². The molecule has 9 N–H and O–H groups in total. The van der Waals surface area contributed by atoms with Crippen molar-refractivity contribution in [1.29, 1.82) is 0 Å². The van der Waals surface area contributed by atoms with Crippen molar-refractivity contribution >= 4 is 5.91 Å². The zero-order valence-corrected chi connectivity index (χ0v) is 55.9. The summed E-state index contributed by atoms with van der Waals surface area (Å²) in [5, 5.41) is 87.5. The van der Waals surface area contributed by atoms with Crippen molar-refractivity contribution in [2.45, 2.75) is 434 Å². The van der Waals surface area contributed by atoms with Crippen molar-refractivity contribution in [2.75, 3.05) is 19.8 Å². The Kier molecular flexibility index (Phi) is 54.5. The first kappa shape index (κ1) is 81.1. The third kappa shape index (κ3) is 41.5. The maximum absolute atomic E-state index is 13.3. The molecule has 2 aliphatic rings. The third-order valence-corrected chi connectivity index (χ3v) is 18.8. The summed E-state index contributed by atoms with van der Waals surface area (Å²) >= 11 is 0. The molecule has 0 saturated carbocycles. The lowest BCUT2D eigenvalue weighted by atomic mass is 9.97. The van der Waals surface area contributed by atoms with Crippen LogP contribution in [0.2, 0.25) is 0 Å². The molecule has 2 fully saturated rings. The number of aliphatic hydroxyl groups excluding tert-OH is 8. The lowest BCUT2D eigenvalue weighted by Crippen LogP contribution is -2.65. The zero-order valence-electron chi connectivity index (χ0n) is 55.9. The first-order valence-electron chi connectivity index (χ1n) is 37.3. The van der Waals surface area contributed by atoms with Gasteiger partial charge in [-0.1, -0.05) is 341 Å². The second kappa shape index (κ2) is 57.9. The Labute approximate surface area is 527 Å². The fourth-order valence-electron chi connectivity index (χ4n) is 12.9. The Balaban J connectivity index is 1.55. The highest BCUT2D eigenvalue weighted by atomic mass is 16.7. The number of amides is 1. The predicted octanol–water partition coefficient (Wildman–Crippen LogP) is 15.6. The van der Waals surface area contributed by atoms with Crippen molar-refractivity contribution < 1.29 is 64.6 Å². The number of carbonyl (C=O) groups excluding carboxylic acids is 1. The van der Waals surface area contributed by atoms with Crippen molar-refractivity contribution in [2.24, 2.45) is 0 Å². The van der Waals surface area contributed by atoms with Gasteiger partial charge in [0.25, 0.3) is 0 Å². The Morgan fingerprint density at radius 1 is 0.372 bits per heavy atom. The van der Waals surface area contributed by atoms with E-state index >= 15 is 0 Å². The smallest absolute Gasteiger partial charge is 0.220 e. The molecule has 1 amide bonds. The number of carbonyl (C=O) groups is 1. The lowest BCUT2D eigenvalue weighted by Gasteiger charge is -2.46. The second-order valence-corrected chi connectivity index (χ2v) is 26.8. The number of unbranched alkanes of at least 4 members (excludes halogenated alkanes) is 50. The van der Waals surface area contributed by atoms with E-state index in [1.165, 1.54) is 283 Å². The van der Waals surface area contributed by atoms with Gasteiger partial charge >= 0.3 is 0 Å². The summed E-state index contributed by atoms with van der Waals surface area (Å²) < 4.78 is 22.9. The Morgan fingerprint density at radius 2 is 0.663 bits per heavy atom. The maximum atomic E-state index is 13.3. The summed E-state index contributed by atoms with van der Waals surface area (Å²) in [6.07, 6.45) is 53.0. The molecule has 12 atom stereocenters. The third-order valence-electron chi connectivity index (χ3n) is 18.8. The van der Waals surface area contributed by atoms with Crippen LogP contribution in [0.15, 0.2) is 0 Å². The molecule has 0 aromatic rings. The summed E-state index contributed by atoms with van der Waals surface area (Å²) in [7, 11) is 0. The van der Waals surface area contributed by atoms with E-state index in [0.29, 0.717) is 12.8 Å². The van der Waals surface area contributed by atoms with Crippen molar-refractivity contribution in [3.63, 3.8) is 0 Å². The van der Waals surface area contributed by atoms with Gasteiger partial charge in [0, 0.05) is 6.42 Å². The van der Waals surface area contributed by atoms with Crippen LogP contribution in [0.1, 0.15) is 361 Å². The standard InChI is InChI=1S/C72H141NO13/c1-3-5-7-9-11-13-15-17-19-20-21-22-23-24-25-26-27-28-29-30-31-32-33-34-35-36-37-38-39-40-42-44-46-48-50-52-54-56-64(77)73-60(61(76)55-53-51-49-47-45-43-41-18-16-14-12-10-8-6-4-2)59-83-71-69(82)67(80)70(63(58-75)85-71)86-72-68(81)66(79)65(78)62(57-74)84-72/h60-63,65-72,74-76,78-82H,3-59H2,1-2H3,(H,73,77). The van der Waals surface area contributed by atoms with Gasteiger partial charge in [0.05, 0.1) is 32.0 Å². The van der Waals surface area contributed by atoms with Gasteiger partial charge in [-0.25, -0.2) is 0 Å². The van der Waals surface area contributed by atoms with E-state index in [-0.39, 0.29) is 12.5 Å². The monoisotopic (exact) mass is 1230 g/mol. The largest absolute Gasteiger partial charge is 0.394 e. The SMILES string of the molecule is CCCCCCCCCCCCCCCCCCCCCCCCCCCCCCCCCCCCCCCC(=O)NC(COC1OC(CO)C(OC2OC(CO)C(O)C(O)C2O)C(O)C1O)C(O)CCCCCCCCCCCCCCCCC. The first-order valence-corrected chi connectivity index (χ1v) is 37.3. The molecular weight excluding hydrogens is 1090 g/mol. The lowest BCUT2D eigenvalue weighted by molar-refractivity contribution is -0.359. The highest BCUT2D eigenvalue weighted by molar-refractivity contribution is 5.76. The summed E-state index contributed by atoms with van der Waals surface area (Å²) in [5.74, 6) is -0.197. The molecule has 0 bridgehead atoms. The zero-order chi connectivity index (χ0) is 62.3. The first-order chi connectivity index (χ1) is 42.1. The van der Waals surface area contributed by atoms with E-state index in [1.807, 2.05) is 0 Å². The van der Waals surface area contributed by atoms with Gasteiger partial charge in [-0.3, -0.25) is 4.79 Å². The summed E-state index contributed by atoms with van der Waals surface area (Å²) in [5.41, 5.74) is 0. The van der Waals surface area contributed by atoms with E-state index in [9.17, 15) is 45.6 Å². The Hall–Kier alpha value is -1.01. The predicted molar refractivity (Wildman–Crippen MR) is 351 cm³/mol. The van der Waals surface area contributed by atoms with Crippen molar-refractivity contribution in [3.05, 3.63) is 0 Å². The number of hydrogen-bond donors (Lipinski definition) is 9. The van der Waals surface area contributed by atoms with Gasteiger partial charge in [0.2, 0.25) is 5.91 Å². The van der Waals surface area contributed by atoms with Crippen LogP contribution in [0, 0.1) is 0 Å². The molecule has 0 aromatic carbocycles. The molecule has 2 aliphatic heterocycles. The molecule has 2 saturated heterocycles. The highest BCUT2D eigenvalue weighted by Crippen LogP contribution is 2.30. The quantitative estimate of drug-likeness (QED) is 0.0259. The van der Waals surface area contributed by atoms with Crippen LogP contribution in [0.3, 0.4) is 0 Å². The summed E-state index contributed by atoms with van der Waals surface area (Å²) in [4.78, 5) is 13.3. The van der Waals surface area contributed by atoms with E-state index in [4.69, 9.17) is 18.9 Å². The Morgan fingerprint density at radius 3 is 0.988 bits per heavy atom. The number of ether oxygens (including phenoxy) is 4. The molecule has 512 valence electrons. The van der Waals surface area contributed by atoms with E-state index in [2.05, 4.69) is 19.2 Å². The molecule has 14 heteroatoms. The van der Waals surface area contributed by atoms with E-state index in [1.54, 1.807) is 0 Å². The Bertz CT molecular complexity index is 1450. The van der Waals surface area contributed by atoms with Crippen LogP contribution in [-0.2, 0) is 23.7 Å². The van der Waals surface area contributed by atoms with Gasteiger partial charge in [-0.2, -0.15) is 0 Å². The van der Waals surface area contributed by atoms with Crippen LogP contribution in [0.4, 0.5) is 0 Å². The number of nitrogens with one attached hydrogen (secondary N) is 1. The molecule has 2 rings (SSSR count). The molecule has 12 unspecified atom stereocenters. The second-order valence-electron chi connectivity index (χ2n) is 26.8. The van der Waals surface area contributed by atoms with Gasteiger partial charge < -0.3 is 65.1 Å². The van der Waals surface area contributed by atoms with Crippen molar-refractivity contribution in [3.8, 4) is 0 Å². The number of aliphatic hydroxyl groups is 8. The molecule has 2 heterocycles. The normalized spacial score (nSPS) is 23.3. The fourth-order valence-corrected chi connectivity index (χ4v) is 12.9. The van der Waals surface area contributed by atoms with E-state index in [0.717, 1.165) is 51.4 Å². The van der Waals surface area contributed by atoms with Gasteiger partial charge in [0.15, 0.2) is 12.6 Å². The molecule has 0 spiro atoms. The van der Waals surface area contributed by atoms with Crippen LogP contribution < -0.4 is 5.32 Å². The molecular formula is C72H141NO13. The van der Waals surface area contributed by atoms with Gasteiger partial charge in [-0.15, -0.1) is 0 Å². The summed E-state index contributed by atoms with van der Waals surface area (Å²) in [6.45, 7) is 2.92. The minimum Gasteiger partial charge on any atom is -0.394 e. The molecule has 0 aromatic heterocycles. The maximum Gasteiger partial charge on any atom is 0.220 e. The topological polar surface area (TPSA) is 228 Å². The van der Waals surface area contributed by atoms with Crippen LogP contribution in [0.25, 0.3) is 0 Å². The fraction of sp³-hybridized carbons (Fsp3) is 0.986. The van der Waals surface area contributed by atoms with E-state index < -0.39 is 86.8 Å². The molecule has 0 radical (unpaired) electrons. The minimum absolute atomic E-state index is 0.197. The molecule has 86 heavy (non-hydrogen) atoms. The summed E-state index contributed by atoms with van der Waals surface area (Å²) in [6, 6.07) is -0.824. The van der Waals surface area contributed by atoms with Crippen LogP contribution >= 0.6 is 0 Å². The number of hydrogen-bond acceptors (Lipinski definition) is 13. The van der Waals surface area contributed by atoms with Crippen LogP contribution in [-0.4, -0.2) is 140 Å². The van der Waals surface area contributed by atoms with Crippen LogP contribution in [0.5, 0.6) is 0 Å². The average Bonchev–Trinajstić information content (AvgIpc) is 1.83. The minimum atomic E-state index is -1.78. The molecule has 14 nitrogen and oxygen atoms in total. The molecule has 0 aliphatic carbocycles. The highest BCUT2D eigenvalue weighted by Gasteiger charge is 2.51. The average molecular weight is 1230 g/mol.